The molecule has 0 amide bonds. The number of aromatic nitrogens is 3. The van der Waals surface area contributed by atoms with Crippen molar-refractivity contribution in [3.8, 4) is 11.3 Å². The van der Waals surface area contributed by atoms with Crippen LogP contribution in [0.1, 0.15) is 11.3 Å². The van der Waals surface area contributed by atoms with Crippen LogP contribution in [0.15, 0.2) is 53.1 Å². The molecule has 1 aliphatic rings. The first-order valence-corrected chi connectivity index (χ1v) is 8.97. The third-order valence-corrected chi connectivity index (χ3v) is 5.01. The standard InChI is InChI=1S/C20H14ClFN4O/c21-19-20(24-17-4-2-1-3-16(17)23-19)26-10-9-15-14(11-26)18(27-25-15)12-5-7-13(22)8-6-12/h1-8H,9-11H2. The molecular weight excluding hydrogens is 367 g/mol. The smallest absolute Gasteiger partial charge is 0.172 e. The largest absolute Gasteiger partial charge is 0.356 e. The lowest BCUT2D eigenvalue weighted by Gasteiger charge is -2.27. The second-order valence-electron chi connectivity index (χ2n) is 6.44. The first-order valence-electron chi connectivity index (χ1n) is 8.59. The highest BCUT2D eigenvalue weighted by molar-refractivity contribution is 6.32. The molecular formula is C20H14ClFN4O. The van der Waals surface area contributed by atoms with Crippen molar-refractivity contribution in [2.24, 2.45) is 0 Å². The fourth-order valence-corrected chi connectivity index (χ4v) is 3.64. The average Bonchev–Trinajstić information content (AvgIpc) is 3.11. The van der Waals surface area contributed by atoms with Crippen LogP contribution in [-0.4, -0.2) is 21.7 Å². The third-order valence-electron chi connectivity index (χ3n) is 4.75. The van der Waals surface area contributed by atoms with Crippen LogP contribution in [-0.2, 0) is 13.0 Å². The van der Waals surface area contributed by atoms with Crippen molar-refractivity contribution in [1.29, 1.82) is 0 Å². The van der Waals surface area contributed by atoms with E-state index in [1.807, 2.05) is 24.3 Å². The monoisotopic (exact) mass is 380 g/mol. The van der Waals surface area contributed by atoms with Crippen molar-refractivity contribution < 1.29 is 8.91 Å². The van der Waals surface area contributed by atoms with Gasteiger partial charge in [0.25, 0.3) is 0 Å². The van der Waals surface area contributed by atoms with Gasteiger partial charge in [-0.05, 0) is 36.4 Å². The Labute approximate surface area is 159 Å². The first kappa shape index (κ1) is 16.2. The Morgan fingerprint density at radius 1 is 1.00 bits per heavy atom. The number of fused-ring (bicyclic) bond motifs is 2. The lowest BCUT2D eigenvalue weighted by molar-refractivity contribution is 0.424. The molecule has 134 valence electrons. The summed E-state index contributed by atoms with van der Waals surface area (Å²) in [7, 11) is 0. The molecule has 0 saturated carbocycles. The summed E-state index contributed by atoms with van der Waals surface area (Å²) < 4.78 is 18.8. The summed E-state index contributed by atoms with van der Waals surface area (Å²) in [5, 5.41) is 4.56. The summed E-state index contributed by atoms with van der Waals surface area (Å²) in [4.78, 5) is 11.2. The molecule has 3 heterocycles. The Bertz CT molecular complexity index is 1140. The summed E-state index contributed by atoms with van der Waals surface area (Å²) in [5.74, 6) is 1.01. The van der Waals surface area contributed by atoms with E-state index >= 15 is 0 Å². The van der Waals surface area contributed by atoms with E-state index in [0.717, 1.165) is 34.4 Å². The van der Waals surface area contributed by atoms with Crippen LogP contribution in [0.3, 0.4) is 0 Å². The molecule has 0 aliphatic carbocycles. The molecule has 1 aliphatic heterocycles. The lowest BCUT2D eigenvalue weighted by atomic mass is 10.0. The Morgan fingerprint density at radius 2 is 1.74 bits per heavy atom. The zero-order chi connectivity index (χ0) is 18.4. The summed E-state index contributed by atoms with van der Waals surface area (Å²) >= 11 is 6.42. The summed E-state index contributed by atoms with van der Waals surface area (Å²) in [6, 6.07) is 13.9. The minimum atomic E-state index is -0.285. The van der Waals surface area contributed by atoms with Gasteiger partial charge in [-0.2, -0.15) is 0 Å². The highest BCUT2D eigenvalue weighted by Crippen LogP contribution is 2.34. The van der Waals surface area contributed by atoms with Crippen molar-refractivity contribution in [2.45, 2.75) is 13.0 Å². The molecule has 2 aromatic carbocycles. The number of hydrogen-bond acceptors (Lipinski definition) is 5. The molecule has 7 heteroatoms. The minimum absolute atomic E-state index is 0.285. The van der Waals surface area contributed by atoms with Crippen molar-refractivity contribution in [2.75, 3.05) is 11.4 Å². The molecule has 2 aromatic heterocycles. The van der Waals surface area contributed by atoms with Crippen LogP contribution in [0.25, 0.3) is 22.4 Å². The molecule has 5 rings (SSSR count). The van der Waals surface area contributed by atoms with E-state index in [-0.39, 0.29) is 5.82 Å². The van der Waals surface area contributed by atoms with E-state index in [0.29, 0.717) is 29.7 Å². The molecule has 0 bridgehead atoms. The van der Waals surface area contributed by atoms with Gasteiger partial charge in [0.15, 0.2) is 16.7 Å². The highest BCUT2D eigenvalue weighted by atomic mass is 35.5. The first-order chi connectivity index (χ1) is 13.2. The van der Waals surface area contributed by atoms with Crippen LogP contribution in [0, 0.1) is 5.82 Å². The molecule has 0 unspecified atom stereocenters. The lowest BCUT2D eigenvalue weighted by Crippen LogP contribution is -2.31. The normalized spacial score (nSPS) is 13.8. The number of hydrogen-bond donors (Lipinski definition) is 0. The number of para-hydroxylation sites is 2. The highest BCUT2D eigenvalue weighted by Gasteiger charge is 2.27. The van der Waals surface area contributed by atoms with Crippen molar-refractivity contribution in [1.82, 2.24) is 15.1 Å². The van der Waals surface area contributed by atoms with E-state index in [4.69, 9.17) is 21.1 Å². The molecule has 5 nitrogen and oxygen atoms in total. The van der Waals surface area contributed by atoms with Gasteiger partial charge < -0.3 is 9.42 Å². The maximum atomic E-state index is 13.2. The van der Waals surface area contributed by atoms with Crippen molar-refractivity contribution >= 4 is 28.5 Å². The number of anilines is 1. The summed E-state index contributed by atoms with van der Waals surface area (Å²) in [6.45, 7) is 1.27. The van der Waals surface area contributed by atoms with E-state index in [2.05, 4.69) is 15.0 Å². The Hall–Kier alpha value is -2.99. The number of rotatable bonds is 2. The summed E-state index contributed by atoms with van der Waals surface area (Å²) in [5.41, 5.74) is 4.24. The van der Waals surface area contributed by atoms with Crippen LogP contribution in [0.2, 0.25) is 5.15 Å². The maximum absolute atomic E-state index is 13.2. The molecule has 0 spiro atoms. The van der Waals surface area contributed by atoms with E-state index in [1.165, 1.54) is 12.1 Å². The van der Waals surface area contributed by atoms with E-state index < -0.39 is 0 Å². The average molecular weight is 381 g/mol. The number of nitrogens with zero attached hydrogens (tertiary/aromatic N) is 4. The quantitative estimate of drug-likeness (QED) is 0.507. The number of benzene rings is 2. The van der Waals surface area contributed by atoms with Gasteiger partial charge in [0.05, 0.1) is 23.3 Å². The summed E-state index contributed by atoms with van der Waals surface area (Å²) in [6.07, 6.45) is 0.713. The maximum Gasteiger partial charge on any atom is 0.172 e. The van der Waals surface area contributed by atoms with E-state index in [1.54, 1.807) is 12.1 Å². The van der Waals surface area contributed by atoms with E-state index in [9.17, 15) is 4.39 Å². The van der Waals surface area contributed by atoms with Gasteiger partial charge in [-0.3, -0.25) is 0 Å². The predicted octanol–water partition coefficient (Wildman–Crippen LogP) is 4.64. The molecule has 0 fully saturated rings. The Morgan fingerprint density at radius 3 is 2.52 bits per heavy atom. The van der Waals surface area contributed by atoms with Gasteiger partial charge in [0.1, 0.15) is 5.82 Å². The number of halogens is 2. The van der Waals surface area contributed by atoms with Gasteiger partial charge in [0, 0.05) is 24.1 Å². The van der Waals surface area contributed by atoms with Gasteiger partial charge in [-0.15, -0.1) is 0 Å². The predicted molar refractivity (Wildman–Crippen MR) is 101 cm³/mol. The SMILES string of the molecule is Fc1ccc(-c2onc3c2CN(c2nc4ccccc4nc2Cl)CC3)cc1. The van der Waals surface area contributed by atoms with Gasteiger partial charge in [0.2, 0.25) is 0 Å². The molecule has 0 radical (unpaired) electrons. The van der Waals surface area contributed by atoms with Crippen LogP contribution >= 0.6 is 11.6 Å². The third kappa shape index (κ3) is 2.82. The van der Waals surface area contributed by atoms with Gasteiger partial charge in [-0.25, -0.2) is 14.4 Å². The zero-order valence-corrected chi connectivity index (χ0v) is 14.9. The zero-order valence-electron chi connectivity index (χ0n) is 14.2. The minimum Gasteiger partial charge on any atom is -0.356 e. The Kier molecular flexibility index (Phi) is 3.79. The van der Waals surface area contributed by atoms with Gasteiger partial charge >= 0.3 is 0 Å². The second-order valence-corrected chi connectivity index (χ2v) is 6.80. The molecule has 4 aromatic rings. The second kappa shape index (κ2) is 6.32. The van der Waals surface area contributed by atoms with Gasteiger partial charge in [-0.1, -0.05) is 28.9 Å². The van der Waals surface area contributed by atoms with Crippen LogP contribution < -0.4 is 4.90 Å². The van der Waals surface area contributed by atoms with Crippen molar-refractivity contribution in [3.63, 3.8) is 0 Å². The van der Waals surface area contributed by atoms with Crippen molar-refractivity contribution in [3.05, 3.63) is 70.8 Å². The molecule has 0 N–H and O–H groups in total. The fourth-order valence-electron chi connectivity index (χ4n) is 3.39. The molecule has 0 atom stereocenters. The molecule has 27 heavy (non-hydrogen) atoms. The molecule has 0 saturated heterocycles. The fraction of sp³-hybridized carbons (Fsp3) is 0.150. The van der Waals surface area contributed by atoms with Crippen LogP contribution in [0.5, 0.6) is 0 Å². The topological polar surface area (TPSA) is 55.1 Å². The van der Waals surface area contributed by atoms with Crippen LogP contribution in [0.4, 0.5) is 10.2 Å². The Balaban J connectivity index is 1.54.